The van der Waals surface area contributed by atoms with Crippen LogP contribution in [0.25, 0.3) is 0 Å². The normalized spacial score (nSPS) is 18.2. The van der Waals surface area contributed by atoms with E-state index < -0.39 is 0 Å². The Morgan fingerprint density at radius 3 is 3.00 bits per heavy atom. The number of nitrogens with one attached hydrogen (secondary N) is 1. The first-order valence-corrected chi connectivity index (χ1v) is 8.29. The molecular weight excluding hydrogens is 306 g/mol. The standard InChI is InChI=1S/C16H23N7O/c17-15-4-3-14(10-19-15)21-13-2-1-7-22(8-5-13)16(24)6-9-23-12-18-11-20-23/h3-4,10-13,21H,1-2,5-9H2,(H2,17,19). The van der Waals surface area contributed by atoms with Crippen molar-refractivity contribution in [3.05, 3.63) is 31.0 Å². The summed E-state index contributed by atoms with van der Waals surface area (Å²) in [5, 5.41) is 7.51. The van der Waals surface area contributed by atoms with Gasteiger partial charge in [0.25, 0.3) is 0 Å². The maximum Gasteiger partial charge on any atom is 0.224 e. The Bertz CT molecular complexity index is 641. The van der Waals surface area contributed by atoms with E-state index in [0.29, 0.717) is 24.8 Å². The van der Waals surface area contributed by atoms with Crippen LogP contribution in [0.1, 0.15) is 25.7 Å². The quantitative estimate of drug-likeness (QED) is 0.853. The number of carbonyl (C=O) groups excluding carboxylic acids is 1. The highest BCUT2D eigenvalue weighted by molar-refractivity contribution is 5.76. The Kier molecular flexibility index (Phi) is 5.25. The van der Waals surface area contributed by atoms with Crippen molar-refractivity contribution in [1.82, 2.24) is 24.6 Å². The lowest BCUT2D eigenvalue weighted by molar-refractivity contribution is -0.131. The van der Waals surface area contributed by atoms with Crippen molar-refractivity contribution in [1.29, 1.82) is 0 Å². The molecule has 8 nitrogen and oxygen atoms in total. The maximum atomic E-state index is 12.4. The van der Waals surface area contributed by atoms with Gasteiger partial charge in [0.1, 0.15) is 18.5 Å². The van der Waals surface area contributed by atoms with Crippen LogP contribution >= 0.6 is 0 Å². The molecule has 0 radical (unpaired) electrons. The van der Waals surface area contributed by atoms with Gasteiger partial charge in [-0.15, -0.1) is 0 Å². The third kappa shape index (κ3) is 4.43. The van der Waals surface area contributed by atoms with Gasteiger partial charge in [0.05, 0.1) is 18.4 Å². The zero-order valence-electron chi connectivity index (χ0n) is 13.6. The van der Waals surface area contributed by atoms with Crippen molar-refractivity contribution in [2.75, 3.05) is 24.1 Å². The van der Waals surface area contributed by atoms with Gasteiger partial charge in [0.2, 0.25) is 5.91 Å². The number of rotatable bonds is 5. The van der Waals surface area contributed by atoms with Crippen LogP contribution in [0.5, 0.6) is 0 Å². The lowest BCUT2D eigenvalue weighted by Gasteiger charge is -2.21. The molecule has 1 aliphatic rings. The average molecular weight is 329 g/mol. The van der Waals surface area contributed by atoms with Gasteiger partial charge in [-0.25, -0.2) is 9.97 Å². The fourth-order valence-corrected chi connectivity index (χ4v) is 2.93. The number of pyridine rings is 1. The second-order valence-corrected chi connectivity index (χ2v) is 6.03. The Labute approximate surface area is 141 Å². The molecule has 128 valence electrons. The minimum absolute atomic E-state index is 0.181. The lowest BCUT2D eigenvalue weighted by atomic mass is 10.1. The molecule has 0 aromatic carbocycles. The van der Waals surface area contributed by atoms with Crippen molar-refractivity contribution in [3.8, 4) is 0 Å². The second kappa shape index (κ2) is 7.76. The minimum atomic E-state index is 0.181. The van der Waals surface area contributed by atoms with Crippen molar-refractivity contribution in [3.63, 3.8) is 0 Å². The zero-order chi connectivity index (χ0) is 16.8. The summed E-state index contributed by atoms with van der Waals surface area (Å²) in [6.45, 7) is 2.17. The van der Waals surface area contributed by atoms with Gasteiger partial charge in [-0.3, -0.25) is 9.48 Å². The topological polar surface area (TPSA) is 102 Å². The van der Waals surface area contributed by atoms with E-state index in [1.807, 2.05) is 11.0 Å². The maximum absolute atomic E-state index is 12.4. The van der Waals surface area contributed by atoms with Crippen LogP contribution < -0.4 is 11.1 Å². The number of carbonyl (C=O) groups is 1. The van der Waals surface area contributed by atoms with E-state index in [1.165, 1.54) is 6.33 Å². The number of hydrogen-bond donors (Lipinski definition) is 2. The Hall–Kier alpha value is -2.64. The molecule has 24 heavy (non-hydrogen) atoms. The molecule has 1 aliphatic heterocycles. The fraction of sp³-hybridized carbons (Fsp3) is 0.500. The summed E-state index contributed by atoms with van der Waals surface area (Å²) in [5.41, 5.74) is 6.58. The predicted octanol–water partition coefficient (Wildman–Crippen LogP) is 1.14. The Morgan fingerprint density at radius 2 is 2.25 bits per heavy atom. The van der Waals surface area contributed by atoms with Gasteiger partial charge in [-0.1, -0.05) is 0 Å². The fourth-order valence-electron chi connectivity index (χ4n) is 2.93. The third-order valence-corrected chi connectivity index (χ3v) is 4.26. The molecule has 1 fully saturated rings. The van der Waals surface area contributed by atoms with E-state index in [2.05, 4.69) is 20.4 Å². The summed E-state index contributed by atoms with van der Waals surface area (Å²) >= 11 is 0. The monoisotopic (exact) mass is 329 g/mol. The molecule has 1 unspecified atom stereocenters. The number of hydrogen-bond acceptors (Lipinski definition) is 6. The number of anilines is 2. The van der Waals surface area contributed by atoms with Gasteiger partial charge in [-0.2, -0.15) is 5.10 Å². The first kappa shape index (κ1) is 16.2. The molecule has 0 bridgehead atoms. The van der Waals surface area contributed by atoms with Gasteiger partial charge >= 0.3 is 0 Å². The van der Waals surface area contributed by atoms with Crippen molar-refractivity contribution < 1.29 is 4.79 Å². The van der Waals surface area contributed by atoms with Crippen LogP contribution in [0.15, 0.2) is 31.0 Å². The molecule has 2 aromatic rings. The summed E-state index contributed by atoms with van der Waals surface area (Å²) in [4.78, 5) is 22.3. The van der Waals surface area contributed by atoms with Crippen molar-refractivity contribution >= 4 is 17.4 Å². The zero-order valence-corrected chi connectivity index (χ0v) is 13.6. The molecule has 3 N–H and O–H groups in total. The Morgan fingerprint density at radius 1 is 1.33 bits per heavy atom. The molecule has 0 aliphatic carbocycles. The largest absolute Gasteiger partial charge is 0.384 e. The van der Waals surface area contributed by atoms with Gasteiger partial charge in [0, 0.05) is 25.6 Å². The number of likely N-dealkylation sites (tertiary alicyclic amines) is 1. The number of nitrogen functional groups attached to an aromatic ring is 1. The summed E-state index contributed by atoms with van der Waals surface area (Å²) in [6, 6.07) is 4.08. The summed E-state index contributed by atoms with van der Waals surface area (Å²) in [6.07, 6.45) is 8.30. The predicted molar refractivity (Wildman–Crippen MR) is 91.1 cm³/mol. The average Bonchev–Trinajstić information content (AvgIpc) is 3.00. The number of aryl methyl sites for hydroxylation is 1. The summed E-state index contributed by atoms with van der Waals surface area (Å²) in [5.74, 6) is 0.700. The number of nitrogens with two attached hydrogens (primary N) is 1. The first-order valence-electron chi connectivity index (χ1n) is 8.29. The molecule has 1 atom stereocenters. The van der Waals surface area contributed by atoms with Crippen molar-refractivity contribution in [2.45, 2.75) is 38.3 Å². The smallest absolute Gasteiger partial charge is 0.224 e. The summed E-state index contributed by atoms with van der Waals surface area (Å²) < 4.78 is 1.69. The number of nitrogens with zero attached hydrogens (tertiary/aromatic N) is 5. The molecule has 1 amide bonds. The van der Waals surface area contributed by atoms with E-state index in [9.17, 15) is 4.79 Å². The van der Waals surface area contributed by atoms with E-state index in [0.717, 1.165) is 38.0 Å². The van der Waals surface area contributed by atoms with Gasteiger partial charge in [0.15, 0.2) is 0 Å². The van der Waals surface area contributed by atoms with Crippen LogP contribution in [0, 0.1) is 0 Å². The highest BCUT2D eigenvalue weighted by Gasteiger charge is 2.20. The number of amides is 1. The van der Waals surface area contributed by atoms with E-state index in [1.54, 1.807) is 23.3 Å². The van der Waals surface area contributed by atoms with E-state index >= 15 is 0 Å². The number of aromatic nitrogens is 4. The van der Waals surface area contributed by atoms with Crippen LogP contribution in [-0.4, -0.2) is 49.7 Å². The third-order valence-electron chi connectivity index (χ3n) is 4.26. The minimum Gasteiger partial charge on any atom is -0.384 e. The highest BCUT2D eigenvalue weighted by Crippen LogP contribution is 2.17. The van der Waals surface area contributed by atoms with E-state index in [-0.39, 0.29) is 5.91 Å². The molecule has 0 spiro atoms. The second-order valence-electron chi connectivity index (χ2n) is 6.03. The SMILES string of the molecule is Nc1ccc(NC2CCCN(C(=O)CCn3cncn3)CC2)cn1. The van der Waals surface area contributed by atoms with Crippen LogP contribution in [0.4, 0.5) is 11.5 Å². The molecule has 1 saturated heterocycles. The first-order chi connectivity index (χ1) is 11.7. The van der Waals surface area contributed by atoms with Crippen LogP contribution in [0.3, 0.4) is 0 Å². The van der Waals surface area contributed by atoms with Gasteiger partial charge in [-0.05, 0) is 31.4 Å². The van der Waals surface area contributed by atoms with E-state index in [4.69, 9.17) is 5.73 Å². The summed E-state index contributed by atoms with van der Waals surface area (Å²) in [7, 11) is 0. The molecule has 2 aromatic heterocycles. The highest BCUT2D eigenvalue weighted by atomic mass is 16.2. The molecule has 3 rings (SSSR count). The van der Waals surface area contributed by atoms with Gasteiger partial charge < -0.3 is 16.0 Å². The van der Waals surface area contributed by atoms with Crippen LogP contribution in [0.2, 0.25) is 0 Å². The molecule has 0 saturated carbocycles. The Balaban J connectivity index is 1.47. The molecule has 3 heterocycles. The molecule has 8 heteroatoms. The molecular formula is C16H23N7O. The van der Waals surface area contributed by atoms with Crippen molar-refractivity contribution in [2.24, 2.45) is 0 Å². The van der Waals surface area contributed by atoms with Crippen LogP contribution in [-0.2, 0) is 11.3 Å². The lowest BCUT2D eigenvalue weighted by Crippen LogP contribution is -2.33.